The van der Waals surface area contributed by atoms with Gasteiger partial charge >= 0.3 is 0 Å². The molecule has 0 aliphatic carbocycles. The van der Waals surface area contributed by atoms with E-state index in [0.717, 1.165) is 122 Å². The van der Waals surface area contributed by atoms with Crippen molar-refractivity contribution in [2.45, 2.75) is 0 Å². The van der Waals surface area contributed by atoms with Crippen molar-refractivity contribution >= 4 is 194 Å². The second-order valence-corrected chi connectivity index (χ2v) is 36.5. The van der Waals surface area contributed by atoms with Gasteiger partial charge in [-0.3, -0.25) is 4.57 Å². The Morgan fingerprint density at radius 1 is 0.206 bits per heavy atom. The van der Waals surface area contributed by atoms with E-state index >= 15 is 0 Å². The summed E-state index contributed by atoms with van der Waals surface area (Å²) in [6.45, 7) is 0. The molecular weight excluding hydrogens is 1700 g/mol. The van der Waals surface area contributed by atoms with Crippen molar-refractivity contribution in [1.82, 2.24) is 48.6 Å². The molecule has 29 aromatic rings. The second kappa shape index (κ2) is 32.1. The van der Waals surface area contributed by atoms with E-state index in [4.69, 9.17) is 39.3 Å². The third-order valence-corrected chi connectivity index (χ3v) is 29.0. The number of hydrogen-bond donors (Lipinski definition) is 0. The number of para-hydroxylation sites is 5. The summed E-state index contributed by atoms with van der Waals surface area (Å²) in [5.41, 5.74) is 21.4. The van der Waals surface area contributed by atoms with Crippen LogP contribution in [0.3, 0.4) is 0 Å². The van der Waals surface area contributed by atoms with Crippen LogP contribution in [0.25, 0.3) is 268 Å². The number of hydrogen-bond acceptors (Lipinski definition) is 10. The second-order valence-electron chi connectivity index (χ2n) is 34.4. The van der Waals surface area contributed by atoms with Crippen LogP contribution in [-0.4, -0.2) is 48.6 Å². The third kappa shape index (κ3) is 12.7. The average molecular weight is 1770 g/mol. The first-order valence-corrected chi connectivity index (χ1v) is 47.3. The number of rotatable bonds is 10. The van der Waals surface area contributed by atoms with Crippen LogP contribution in [0.2, 0.25) is 0 Å². The predicted molar refractivity (Wildman–Crippen MR) is 568 cm³/mol. The molecule has 0 amide bonds. The van der Waals surface area contributed by atoms with Gasteiger partial charge in [0.25, 0.3) is 0 Å². The van der Waals surface area contributed by atoms with Crippen molar-refractivity contribution in [1.29, 1.82) is 0 Å². The largest absolute Gasteiger partial charge is 0.454 e. The highest BCUT2D eigenvalue weighted by Gasteiger charge is 2.29. The van der Waals surface area contributed by atoms with E-state index in [1.165, 1.54) is 116 Å². The van der Waals surface area contributed by atoms with Gasteiger partial charge in [-0.2, -0.15) is 0 Å². The number of thiophene rings is 2. The molecule has 634 valence electrons. The summed E-state index contributed by atoms with van der Waals surface area (Å²) in [5, 5.41) is 23.4. The Morgan fingerprint density at radius 3 is 1.06 bits per heavy atom. The molecule has 0 bridgehead atoms. The van der Waals surface area contributed by atoms with Gasteiger partial charge in [-0.05, 0) is 117 Å². The van der Waals surface area contributed by atoms with E-state index < -0.39 is 0 Å². The van der Waals surface area contributed by atoms with Crippen LogP contribution in [0.5, 0.6) is 0 Å². The maximum absolute atomic E-state index is 6.69. The molecule has 0 aliphatic heterocycles. The molecule has 0 radical (unpaired) electrons. The van der Waals surface area contributed by atoms with E-state index in [1.807, 2.05) is 126 Å². The van der Waals surface area contributed by atoms with Gasteiger partial charge in [-0.15, -0.1) is 22.7 Å². The van der Waals surface area contributed by atoms with Crippen LogP contribution in [0.4, 0.5) is 0 Å². The van der Waals surface area contributed by atoms with Crippen molar-refractivity contribution in [2.75, 3.05) is 0 Å². The van der Waals surface area contributed by atoms with Crippen LogP contribution >= 0.6 is 22.7 Å². The highest BCUT2D eigenvalue weighted by atomic mass is 32.1. The molecule has 0 atom stereocenters. The fourth-order valence-electron chi connectivity index (χ4n) is 20.7. The first-order valence-electron chi connectivity index (χ1n) is 45.7. The van der Waals surface area contributed by atoms with Gasteiger partial charge in [0.15, 0.2) is 28.9 Å². The molecule has 13 heteroatoms. The molecule has 0 N–H and O–H groups in total. The van der Waals surface area contributed by atoms with Gasteiger partial charge in [0, 0.05) is 130 Å². The Hall–Kier alpha value is -17.8. The predicted octanol–water partition coefficient (Wildman–Crippen LogP) is 33.0. The van der Waals surface area contributed by atoms with Gasteiger partial charge < -0.3 is 13.6 Å². The Balaban J connectivity index is 0.000000104. The third-order valence-electron chi connectivity index (χ3n) is 26.6. The Morgan fingerprint density at radius 2 is 0.559 bits per heavy atom. The topological polar surface area (TPSA) is 118 Å². The summed E-state index contributed by atoms with van der Waals surface area (Å²) < 4.78 is 19.0. The van der Waals surface area contributed by atoms with E-state index in [9.17, 15) is 0 Å². The van der Waals surface area contributed by atoms with Crippen LogP contribution < -0.4 is 0 Å². The molecule has 29 rings (SSSR count). The summed E-state index contributed by atoms with van der Waals surface area (Å²) in [6, 6.07) is 157. The molecule has 9 heterocycles. The molecule has 9 aromatic heterocycles. The minimum Gasteiger partial charge on any atom is -0.454 e. The lowest BCUT2D eigenvalue weighted by Crippen LogP contribution is -2.03. The smallest absolute Gasteiger partial charge is 0.235 e. The molecule has 0 fully saturated rings. The maximum Gasteiger partial charge on any atom is 0.235 e. The Labute approximate surface area is 786 Å². The monoisotopic (exact) mass is 1770 g/mol. The zero-order valence-corrected chi connectivity index (χ0v) is 74.6. The molecule has 11 nitrogen and oxygen atoms in total. The summed E-state index contributed by atoms with van der Waals surface area (Å²) in [6.07, 6.45) is 0. The van der Waals surface area contributed by atoms with Gasteiger partial charge in [-0.1, -0.05) is 364 Å². The summed E-state index contributed by atoms with van der Waals surface area (Å²) in [7, 11) is 0. The van der Waals surface area contributed by atoms with Crippen LogP contribution in [0.1, 0.15) is 0 Å². The molecule has 0 saturated carbocycles. The minimum atomic E-state index is 0.626. The minimum absolute atomic E-state index is 0.626. The zero-order valence-electron chi connectivity index (χ0n) is 72.9. The van der Waals surface area contributed by atoms with Gasteiger partial charge in [0.05, 0.1) is 59.6 Å². The van der Waals surface area contributed by atoms with Crippen molar-refractivity contribution in [3.05, 3.63) is 449 Å². The molecular formula is C123H74N10OS2. The first kappa shape index (κ1) is 78.1. The van der Waals surface area contributed by atoms with Crippen LogP contribution in [0, 0.1) is 0 Å². The van der Waals surface area contributed by atoms with Crippen molar-refractivity contribution < 1.29 is 4.42 Å². The number of furan rings is 1. The highest BCUT2D eigenvalue weighted by molar-refractivity contribution is 7.27. The number of fused-ring (bicyclic) bond motifs is 31. The van der Waals surface area contributed by atoms with Gasteiger partial charge in [0.1, 0.15) is 11.1 Å². The van der Waals surface area contributed by atoms with Crippen molar-refractivity contribution in [3.63, 3.8) is 0 Å². The SMILES string of the molecule is c1ccc(-c2cc(-c3ccccc3)nc(-c3ccc(-n4c5ccccc5c5c6ccccc6c6c7ccccc7sc6c54)cc3)n2)cc1.c1ccc(-c2nc(-c3ccccc3)nc(-c3cccc(-n4c5ccccc5c5c6ccccc6c6c7ccccc7sc6c54)c3)n2)cc1.c1ccc(-c2nc(-n3c4ccccc4c4c5ccccc5c5c6ccccc6oc5c43)nc3ccccc23)cc1. The van der Waals surface area contributed by atoms with Crippen LogP contribution in [0.15, 0.2) is 453 Å². The zero-order chi connectivity index (χ0) is 89.4. The lowest BCUT2D eigenvalue weighted by molar-refractivity contribution is 0.671. The van der Waals surface area contributed by atoms with E-state index in [0.29, 0.717) is 29.2 Å². The lowest BCUT2D eigenvalue weighted by atomic mass is 9.99. The van der Waals surface area contributed by atoms with E-state index in [-0.39, 0.29) is 0 Å². The maximum atomic E-state index is 6.69. The number of benzene rings is 20. The fourth-order valence-corrected chi connectivity index (χ4v) is 23.2. The molecule has 0 aliphatic rings. The number of aromatic nitrogens is 10. The lowest BCUT2D eigenvalue weighted by Gasteiger charge is -2.12. The molecule has 136 heavy (non-hydrogen) atoms. The van der Waals surface area contributed by atoms with Crippen LogP contribution in [-0.2, 0) is 0 Å². The normalized spacial score (nSPS) is 11.8. The van der Waals surface area contributed by atoms with Crippen molar-refractivity contribution in [2.24, 2.45) is 0 Å². The van der Waals surface area contributed by atoms with Crippen molar-refractivity contribution in [3.8, 4) is 96.6 Å². The quantitative estimate of drug-likeness (QED) is 0.133. The Bertz CT molecular complexity index is 9760. The first-order chi connectivity index (χ1) is 67.5. The van der Waals surface area contributed by atoms with Gasteiger partial charge in [-0.25, -0.2) is 34.9 Å². The molecule has 0 spiro atoms. The fraction of sp³-hybridized carbons (Fsp3) is 0. The summed E-state index contributed by atoms with van der Waals surface area (Å²) in [4.78, 5) is 35.6. The van der Waals surface area contributed by atoms with Gasteiger partial charge in [0.2, 0.25) is 5.95 Å². The average Bonchev–Trinajstić information content (AvgIpc) is 1.54. The summed E-state index contributed by atoms with van der Waals surface area (Å²) in [5.74, 6) is 3.28. The molecule has 20 aromatic carbocycles. The highest BCUT2D eigenvalue weighted by Crippen LogP contribution is 2.52. The number of nitrogens with zero attached hydrogens (tertiary/aromatic N) is 10. The standard InChI is InChI=1S/C44H27N3S.C43H26N4S.C36H21N3O/c1-3-13-28(14-4-1)36-27-37(29-15-5-2-6-16-29)46-44(45-36)30-23-25-31(26-24-30)47-38-21-11-9-19-34(38)40-32-17-7-8-18-33(32)41-35-20-10-12-22-39(35)48-43(41)42(40)47;1-3-14-27(15-4-1)41-44-42(28-16-5-2-6-17-28)46-43(45-41)29-18-13-19-30(26-29)47-35-24-11-9-22-33(35)37-31-20-7-8-21-32(31)38-34-23-10-12-25-36(34)48-40(38)39(37)47;1-2-12-22(13-3-1)33-25-16-6-9-19-28(25)37-36(38-33)39-29-20-10-7-17-26(29)31-23-14-4-5-15-24(23)32-27-18-8-11-21-30(27)40-35(32)34(31)39/h1-27H;1-26H;1-21H. The Kier molecular flexibility index (Phi) is 18.4. The molecule has 0 saturated heterocycles. The van der Waals surface area contributed by atoms with E-state index in [2.05, 4.69) is 359 Å². The summed E-state index contributed by atoms with van der Waals surface area (Å²) >= 11 is 3.76. The van der Waals surface area contributed by atoms with E-state index in [1.54, 1.807) is 0 Å². The molecule has 0 unspecified atom stereocenters.